The summed E-state index contributed by atoms with van der Waals surface area (Å²) in [6, 6.07) is 10.4. The highest BCUT2D eigenvalue weighted by Gasteiger charge is 2.22. The first-order valence-corrected chi connectivity index (χ1v) is 10.0. The lowest BCUT2D eigenvalue weighted by Gasteiger charge is -2.17. The van der Waals surface area contributed by atoms with E-state index in [2.05, 4.69) is 15.3 Å². The van der Waals surface area contributed by atoms with Crippen molar-refractivity contribution in [2.45, 2.75) is 25.9 Å². The molecule has 1 N–H and O–H groups in total. The highest BCUT2D eigenvalue weighted by molar-refractivity contribution is 7.25. The average Bonchev–Trinajstić information content (AvgIpc) is 3.09. The zero-order chi connectivity index (χ0) is 19.7. The van der Waals surface area contributed by atoms with Crippen molar-refractivity contribution in [2.75, 3.05) is 0 Å². The van der Waals surface area contributed by atoms with Crippen molar-refractivity contribution < 1.29 is 4.79 Å². The van der Waals surface area contributed by atoms with Crippen LogP contribution in [-0.4, -0.2) is 20.4 Å². The normalized spacial score (nSPS) is 12.4. The molecule has 0 aliphatic heterocycles. The van der Waals surface area contributed by atoms with Crippen LogP contribution in [0.5, 0.6) is 0 Å². The monoisotopic (exact) mass is 412 g/mol. The van der Waals surface area contributed by atoms with E-state index in [1.54, 1.807) is 12.3 Å². The minimum absolute atomic E-state index is 0.229. The summed E-state index contributed by atoms with van der Waals surface area (Å²) in [6.07, 6.45) is 3.60. The number of amides is 1. The number of pyridine rings is 1. The SMILES string of the molecule is CC[C@H](C(=O)NCc1ccccc1Cl)n1cnc2c(sc3ncccc32)c1=O. The summed E-state index contributed by atoms with van der Waals surface area (Å²) in [5.74, 6) is -0.245. The molecule has 0 radical (unpaired) electrons. The van der Waals surface area contributed by atoms with Gasteiger partial charge in [-0.3, -0.25) is 14.2 Å². The van der Waals surface area contributed by atoms with Gasteiger partial charge in [0.15, 0.2) is 0 Å². The Kier molecular flexibility index (Phi) is 5.11. The number of carbonyl (C=O) groups excluding carboxylic acids is 1. The lowest BCUT2D eigenvalue weighted by atomic mass is 10.2. The lowest BCUT2D eigenvalue weighted by molar-refractivity contribution is -0.124. The van der Waals surface area contributed by atoms with Crippen molar-refractivity contribution in [1.29, 1.82) is 0 Å². The van der Waals surface area contributed by atoms with Crippen LogP contribution in [0.4, 0.5) is 0 Å². The number of hydrogen-bond acceptors (Lipinski definition) is 5. The molecule has 8 heteroatoms. The van der Waals surface area contributed by atoms with Crippen molar-refractivity contribution >= 4 is 49.3 Å². The summed E-state index contributed by atoms with van der Waals surface area (Å²) in [5, 5.41) is 4.31. The maximum Gasteiger partial charge on any atom is 0.272 e. The first-order chi connectivity index (χ1) is 13.6. The van der Waals surface area contributed by atoms with Crippen LogP contribution >= 0.6 is 22.9 Å². The van der Waals surface area contributed by atoms with Gasteiger partial charge in [-0.1, -0.05) is 36.7 Å². The van der Waals surface area contributed by atoms with E-state index in [0.717, 1.165) is 15.8 Å². The molecule has 0 spiro atoms. The lowest BCUT2D eigenvalue weighted by Crippen LogP contribution is -2.36. The fourth-order valence-corrected chi connectivity index (χ4v) is 4.39. The fraction of sp³-hybridized carbons (Fsp3) is 0.200. The third-order valence-corrected chi connectivity index (χ3v) is 6.08. The molecule has 0 saturated carbocycles. The zero-order valence-electron chi connectivity index (χ0n) is 15.1. The van der Waals surface area contributed by atoms with E-state index in [-0.39, 0.29) is 11.5 Å². The summed E-state index contributed by atoms with van der Waals surface area (Å²) in [6.45, 7) is 2.16. The summed E-state index contributed by atoms with van der Waals surface area (Å²) in [5.41, 5.74) is 1.22. The van der Waals surface area contributed by atoms with E-state index in [0.29, 0.717) is 28.2 Å². The maximum absolute atomic E-state index is 13.0. The molecular formula is C20H17ClN4O2S. The second-order valence-electron chi connectivity index (χ2n) is 6.33. The zero-order valence-corrected chi connectivity index (χ0v) is 16.6. The Morgan fingerprint density at radius 3 is 2.86 bits per heavy atom. The third-order valence-electron chi connectivity index (χ3n) is 4.62. The van der Waals surface area contributed by atoms with Gasteiger partial charge in [0.2, 0.25) is 5.91 Å². The molecule has 0 aliphatic rings. The van der Waals surface area contributed by atoms with Crippen LogP contribution in [0.1, 0.15) is 24.9 Å². The van der Waals surface area contributed by atoms with Gasteiger partial charge in [0.25, 0.3) is 5.56 Å². The molecule has 142 valence electrons. The Morgan fingerprint density at radius 2 is 2.07 bits per heavy atom. The van der Waals surface area contributed by atoms with Gasteiger partial charge in [-0.25, -0.2) is 9.97 Å². The number of nitrogens with one attached hydrogen (secondary N) is 1. The first kappa shape index (κ1) is 18.6. The molecule has 28 heavy (non-hydrogen) atoms. The molecular weight excluding hydrogens is 396 g/mol. The number of halogens is 1. The van der Waals surface area contributed by atoms with Crippen molar-refractivity contribution in [1.82, 2.24) is 19.9 Å². The number of carbonyl (C=O) groups is 1. The number of thiophene rings is 1. The van der Waals surface area contributed by atoms with Crippen molar-refractivity contribution in [3.63, 3.8) is 0 Å². The number of aromatic nitrogens is 3. The van der Waals surface area contributed by atoms with Gasteiger partial charge in [0, 0.05) is 23.2 Å². The Balaban J connectivity index is 1.65. The standard InChI is InChI=1S/C20H17ClN4O2S/c1-2-15(18(26)23-10-12-6-3-4-8-14(12)21)25-11-24-16-13-7-5-9-22-19(13)28-17(16)20(25)27/h3-9,11,15H,2,10H2,1H3,(H,23,26)/t15-/m1/s1. The number of fused-ring (bicyclic) bond motifs is 3. The number of benzene rings is 1. The molecule has 4 aromatic rings. The minimum atomic E-state index is -0.648. The van der Waals surface area contributed by atoms with Crippen molar-refractivity contribution in [3.8, 4) is 0 Å². The topological polar surface area (TPSA) is 76.9 Å². The van der Waals surface area contributed by atoms with Gasteiger partial charge in [0.05, 0.1) is 11.8 Å². The summed E-state index contributed by atoms with van der Waals surface area (Å²) in [4.78, 5) is 35.3. The third kappa shape index (κ3) is 3.27. The van der Waals surface area contributed by atoms with Gasteiger partial charge in [-0.15, -0.1) is 11.3 Å². The highest BCUT2D eigenvalue weighted by Crippen LogP contribution is 2.28. The molecule has 0 fully saturated rings. The van der Waals surface area contributed by atoms with Gasteiger partial charge >= 0.3 is 0 Å². The molecule has 6 nitrogen and oxygen atoms in total. The van der Waals surface area contributed by atoms with Crippen LogP contribution in [0.25, 0.3) is 20.4 Å². The maximum atomic E-state index is 13.0. The minimum Gasteiger partial charge on any atom is -0.350 e. The van der Waals surface area contributed by atoms with E-state index in [9.17, 15) is 9.59 Å². The molecule has 0 unspecified atom stereocenters. The van der Waals surface area contributed by atoms with Crippen LogP contribution in [0.2, 0.25) is 5.02 Å². The summed E-state index contributed by atoms with van der Waals surface area (Å²) >= 11 is 7.44. The summed E-state index contributed by atoms with van der Waals surface area (Å²) in [7, 11) is 0. The van der Waals surface area contributed by atoms with Crippen LogP contribution in [0.3, 0.4) is 0 Å². The quantitative estimate of drug-likeness (QED) is 0.538. The van der Waals surface area contributed by atoms with Crippen LogP contribution in [0.15, 0.2) is 53.7 Å². The average molecular weight is 413 g/mol. The molecule has 3 aromatic heterocycles. The van der Waals surface area contributed by atoms with E-state index in [1.807, 2.05) is 37.3 Å². The molecule has 0 bridgehead atoms. The second kappa shape index (κ2) is 7.69. The second-order valence-corrected chi connectivity index (χ2v) is 7.73. The highest BCUT2D eigenvalue weighted by atomic mass is 35.5. The Bertz CT molecular complexity index is 1230. The van der Waals surface area contributed by atoms with Crippen molar-refractivity contribution in [3.05, 3.63) is 69.9 Å². The van der Waals surface area contributed by atoms with Crippen LogP contribution < -0.4 is 10.9 Å². The fourth-order valence-electron chi connectivity index (χ4n) is 3.15. The first-order valence-electron chi connectivity index (χ1n) is 8.85. The number of nitrogens with zero attached hydrogens (tertiary/aromatic N) is 3. The predicted octanol–water partition coefficient (Wildman–Crippen LogP) is 3.93. The molecule has 1 atom stereocenters. The van der Waals surface area contributed by atoms with Gasteiger partial charge in [-0.2, -0.15) is 0 Å². The Labute approximate surface area is 169 Å². The largest absolute Gasteiger partial charge is 0.350 e. The van der Waals surface area contributed by atoms with Gasteiger partial charge in [0.1, 0.15) is 15.6 Å². The van der Waals surface area contributed by atoms with Crippen molar-refractivity contribution in [2.24, 2.45) is 0 Å². The van der Waals surface area contributed by atoms with E-state index < -0.39 is 6.04 Å². The van der Waals surface area contributed by atoms with Crippen LogP contribution in [-0.2, 0) is 11.3 Å². The number of rotatable bonds is 5. The predicted molar refractivity (Wildman–Crippen MR) is 112 cm³/mol. The van der Waals surface area contributed by atoms with E-state index in [1.165, 1.54) is 22.2 Å². The molecule has 3 heterocycles. The van der Waals surface area contributed by atoms with E-state index >= 15 is 0 Å². The molecule has 1 amide bonds. The Hall–Kier alpha value is -2.77. The number of hydrogen-bond donors (Lipinski definition) is 1. The van der Waals surface area contributed by atoms with Crippen LogP contribution in [0, 0.1) is 0 Å². The summed E-state index contributed by atoms with van der Waals surface area (Å²) < 4.78 is 1.91. The van der Waals surface area contributed by atoms with E-state index in [4.69, 9.17) is 11.6 Å². The molecule has 0 saturated heterocycles. The molecule has 4 rings (SSSR count). The van der Waals surface area contributed by atoms with Gasteiger partial charge in [-0.05, 0) is 30.2 Å². The Morgan fingerprint density at radius 1 is 1.25 bits per heavy atom. The molecule has 1 aromatic carbocycles. The molecule has 0 aliphatic carbocycles. The van der Waals surface area contributed by atoms with Gasteiger partial charge < -0.3 is 5.32 Å². The smallest absolute Gasteiger partial charge is 0.272 e.